The molecule has 3 aromatic heterocycles. The number of hydrogen-bond acceptors (Lipinski definition) is 8. The van der Waals surface area contributed by atoms with Gasteiger partial charge in [-0.1, -0.05) is 0 Å². The molecule has 180 valence electrons. The summed E-state index contributed by atoms with van der Waals surface area (Å²) in [5.41, 5.74) is 0.992. The minimum absolute atomic E-state index is 0.0128. The lowest BCUT2D eigenvalue weighted by Gasteiger charge is -2.35. The van der Waals surface area contributed by atoms with Crippen molar-refractivity contribution in [2.24, 2.45) is 0 Å². The average Bonchev–Trinajstić information content (AvgIpc) is 3.27. The highest BCUT2D eigenvalue weighted by Gasteiger charge is 2.33. The molecular weight excluding hydrogens is 438 g/mol. The Morgan fingerprint density at radius 2 is 2.18 bits per heavy atom. The second kappa shape index (κ2) is 9.43. The monoisotopic (exact) mass is 467 g/mol. The molecular formula is C23H29N7O4. The number of nitrogens with one attached hydrogen (secondary N) is 3. The van der Waals surface area contributed by atoms with E-state index in [-0.39, 0.29) is 29.7 Å². The second-order valence-electron chi connectivity index (χ2n) is 8.63. The Balaban J connectivity index is 1.44. The Bertz CT molecular complexity index is 1250. The number of pyridine rings is 1. The summed E-state index contributed by atoms with van der Waals surface area (Å²) in [7, 11) is 3.41. The van der Waals surface area contributed by atoms with Crippen molar-refractivity contribution in [2.75, 3.05) is 38.0 Å². The molecule has 34 heavy (non-hydrogen) atoms. The lowest BCUT2D eigenvalue weighted by atomic mass is 9.89. The van der Waals surface area contributed by atoms with Crippen LogP contribution in [0.2, 0.25) is 0 Å². The zero-order chi connectivity index (χ0) is 23.7. The van der Waals surface area contributed by atoms with Crippen molar-refractivity contribution in [1.29, 1.82) is 0 Å². The SMILES string of the molecule is CNc1cc(Nc2cccn(C3CCCOC3)c2=O)nc2c(C(=O)N[C@@H]3CC[C@H]3OC)cnn12. The minimum Gasteiger partial charge on any atom is -0.379 e. The van der Waals surface area contributed by atoms with Crippen LogP contribution in [0, 0.1) is 0 Å². The number of fused-ring (bicyclic) bond motifs is 1. The minimum atomic E-state index is -0.257. The third-order valence-electron chi connectivity index (χ3n) is 6.57. The van der Waals surface area contributed by atoms with Crippen LogP contribution in [0.15, 0.2) is 35.4 Å². The Morgan fingerprint density at radius 1 is 1.29 bits per heavy atom. The number of ether oxygens (including phenoxy) is 2. The van der Waals surface area contributed by atoms with Crippen molar-refractivity contribution in [3.8, 4) is 0 Å². The van der Waals surface area contributed by atoms with Crippen LogP contribution in [0.1, 0.15) is 42.1 Å². The van der Waals surface area contributed by atoms with E-state index in [1.165, 1.54) is 6.20 Å². The topological polar surface area (TPSA) is 124 Å². The van der Waals surface area contributed by atoms with Crippen molar-refractivity contribution in [2.45, 2.75) is 43.9 Å². The average molecular weight is 468 g/mol. The number of rotatable bonds is 7. The zero-order valence-electron chi connectivity index (χ0n) is 19.3. The molecule has 1 aliphatic carbocycles. The molecule has 11 nitrogen and oxygen atoms in total. The number of amides is 1. The number of carbonyl (C=O) groups excluding carboxylic acids is 1. The summed E-state index contributed by atoms with van der Waals surface area (Å²) in [6.07, 6.45) is 6.94. The van der Waals surface area contributed by atoms with Crippen LogP contribution >= 0.6 is 0 Å². The summed E-state index contributed by atoms with van der Waals surface area (Å²) < 4.78 is 14.2. The number of carbonyl (C=O) groups is 1. The van der Waals surface area contributed by atoms with Gasteiger partial charge in [-0.2, -0.15) is 9.61 Å². The van der Waals surface area contributed by atoms with E-state index in [4.69, 9.17) is 9.47 Å². The number of hydrogen-bond donors (Lipinski definition) is 3. The Hall–Kier alpha value is -3.44. The molecule has 1 amide bonds. The van der Waals surface area contributed by atoms with Crippen LogP contribution in [-0.4, -0.2) is 64.6 Å². The van der Waals surface area contributed by atoms with Gasteiger partial charge in [-0.3, -0.25) is 9.59 Å². The lowest BCUT2D eigenvalue weighted by Crippen LogP contribution is -2.51. The first kappa shape index (κ1) is 22.4. The molecule has 0 radical (unpaired) electrons. The van der Waals surface area contributed by atoms with Crippen LogP contribution in [0.25, 0.3) is 5.65 Å². The highest BCUT2D eigenvalue weighted by atomic mass is 16.5. The fourth-order valence-electron chi connectivity index (χ4n) is 4.50. The molecule has 4 heterocycles. The highest BCUT2D eigenvalue weighted by molar-refractivity contribution is 6.00. The number of nitrogens with zero attached hydrogens (tertiary/aromatic N) is 4. The van der Waals surface area contributed by atoms with E-state index in [1.54, 1.807) is 41.6 Å². The summed E-state index contributed by atoms with van der Waals surface area (Å²) in [6, 6.07) is 5.29. The molecule has 1 saturated carbocycles. The standard InChI is InChI=1S/C23H29N7O4/c1-24-20-11-19(26-17-6-3-9-29(23(17)32)14-5-4-10-34-13-14)28-21-15(12-25-30(20)21)22(31)27-16-7-8-18(16)33-2/h3,6,9,11-12,14,16,18,24H,4-5,7-8,10,13H2,1-2H3,(H,26,28)(H,27,31)/t14?,16-,18-/m1/s1. The molecule has 5 rings (SSSR count). The van der Waals surface area contributed by atoms with Gasteiger partial charge in [-0.15, -0.1) is 0 Å². The maximum Gasteiger partial charge on any atom is 0.274 e. The van der Waals surface area contributed by atoms with Crippen molar-refractivity contribution in [3.63, 3.8) is 0 Å². The summed E-state index contributed by atoms with van der Waals surface area (Å²) in [5, 5.41) is 13.6. The quantitative estimate of drug-likeness (QED) is 0.482. The van der Waals surface area contributed by atoms with Gasteiger partial charge in [0, 0.05) is 33.0 Å². The molecule has 3 aromatic rings. The molecule has 3 atom stereocenters. The van der Waals surface area contributed by atoms with Crippen molar-refractivity contribution in [1.82, 2.24) is 24.5 Å². The Labute approximate surface area is 196 Å². The van der Waals surface area contributed by atoms with Gasteiger partial charge < -0.3 is 30.0 Å². The lowest BCUT2D eigenvalue weighted by molar-refractivity contribution is 0.00732. The molecule has 2 fully saturated rings. The van der Waals surface area contributed by atoms with Gasteiger partial charge in [0.25, 0.3) is 11.5 Å². The molecule has 0 spiro atoms. The van der Waals surface area contributed by atoms with E-state index in [9.17, 15) is 9.59 Å². The van der Waals surface area contributed by atoms with E-state index in [2.05, 4.69) is 26.0 Å². The summed E-state index contributed by atoms with van der Waals surface area (Å²) in [4.78, 5) is 30.7. The third kappa shape index (κ3) is 4.12. The summed E-state index contributed by atoms with van der Waals surface area (Å²) in [5.74, 6) is 0.800. The third-order valence-corrected chi connectivity index (χ3v) is 6.57. The Kier molecular flexibility index (Phi) is 6.20. The first-order valence-corrected chi connectivity index (χ1v) is 11.5. The molecule has 1 unspecified atom stereocenters. The maximum absolute atomic E-state index is 13.1. The summed E-state index contributed by atoms with van der Waals surface area (Å²) in [6.45, 7) is 1.25. The van der Waals surface area contributed by atoms with Crippen molar-refractivity contribution < 1.29 is 14.3 Å². The van der Waals surface area contributed by atoms with Crippen LogP contribution < -0.4 is 21.5 Å². The normalized spacial score (nSPS) is 22.2. The summed E-state index contributed by atoms with van der Waals surface area (Å²) >= 11 is 0. The van der Waals surface area contributed by atoms with E-state index in [0.717, 1.165) is 32.3 Å². The van der Waals surface area contributed by atoms with Crippen LogP contribution in [0.3, 0.4) is 0 Å². The van der Waals surface area contributed by atoms with E-state index >= 15 is 0 Å². The molecule has 1 aliphatic heterocycles. The molecule has 3 N–H and O–H groups in total. The predicted molar refractivity (Wildman–Crippen MR) is 127 cm³/mol. The Morgan fingerprint density at radius 3 is 2.88 bits per heavy atom. The second-order valence-corrected chi connectivity index (χ2v) is 8.63. The van der Waals surface area contributed by atoms with Crippen molar-refractivity contribution in [3.05, 3.63) is 46.5 Å². The largest absolute Gasteiger partial charge is 0.379 e. The first-order valence-electron chi connectivity index (χ1n) is 11.5. The smallest absolute Gasteiger partial charge is 0.274 e. The maximum atomic E-state index is 13.1. The van der Waals surface area contributed by atoms with Crippen LogP contribution in [-0.2, 0) is 9.47 Å². The van der Waals surface area contributed by atoms with E-state index in [1.807, 2.05) is 6.07 Å². The highest BCUT2D eigenvalue weighted by Crippen LogP contribution is 2.25. The van der Waals surface area contributed by atoms with E-state index < -0.39 is 0 Å². The van der Waals surface area contributed by atoms with Crippen LogP contribution in [0.5, 0.6) is 0 Å². The van der Waals surface area contributed by atoms with Crippen LogP contribution in [0.4, 0.5) is 17.3 Å². The van der Waals surface area contributed by atoms with Gasteiger partial charge in [0.15, 0.2) is 5.65 Å². The van der Waals surface area contributed by atoms with Gasteiger partial charge in [-0.25, -0.2) is 4.98 Å². The van der Waals surface area contributed by atoms with Gasteiger partial charge in [0.05, 0.1) is 31.0 Å². The van der Waals surface area contributed by atoms with Gasteiger partial charge in [0.1, 0.15) is 22.9 Å². The molecule has 1 saturated heterocycles. The van der Waals surface area contributed by atoms with Gasteiger partial charge in [-0.05, 0) is 37.8 Å². The molecule has 2 aliphatic rings. The van der Waals surface area contributed by atoms with Gasteiger partial charge >= 0.3 is 0 Å². The predicted octanol–water partition coefficient (Wildman–Crippen LogP) is 1.93. The van der Waals surface area contributed by atoms with Crippen molar-refractivity contribution >= 4 is 28.9 Å². The van der Waals surface area contributed by atoms with E-state index in [0.29, 0.717) is 35.1 Å². The fraction of sp³-hybridized carbons (Fsp3) is 0.478. The zero-order valence-corrected chi connectivity index (χ0v) is 19.3. The molecule has 11 heteroatoms. The first-order chi connectivity index (χ1) is 16.6. The molecule has 0 aromatic carbocycles. The number of methoxy groups -OCH3 is 1. The number of aromatic nitrogens is 4. The fourth-order valence-corrected chi connectivity index (χ4v) is 4.50. The van der Waals surface area contributed by atoms with Gasteiger partial charge in [0.2, 0.25) is 0 Å². The molecule has 0 bridgehead atoms. The number of anilines is 3.